The van der Waals surface area contributed by atoms with Gasteiger partial charge >= 0.3 is 5.97 Å². The van der Waals surface area contributed by atoms with E-state index in [4.69, 9.17) is 16.7 Å². The number of aromatic nitrogens is 4. The van der Waals surface area contributed by atoms with Gasteiger partial charge in [-0.1, -0.05) is 35.9 Å². The number of carbonyl (C=O) groups is 1. The Morgan fingerprint density at radius 1 is 1.18 bits per heavy atom. The molecular formula is C15H11ClN4O2. The molecule has 3 aromatic rings. The molecule has 6 nitrogen and oxygen atoms in total. The molecule has 0 unspecified atom stereocenters. The van der Waals surface area contributed by atoms with Crippen LogP contribution in [0.2, 0.25) is 5.02 Å². The predicted octanol–water partition coefficient (Wildman–Crippen LogP) is 2.74. The normalized spacial score (nSPS) is 10.6. The van der Waals surface area contributed by atoms with Crippen LogP contribution < -0.4 is 0 Å². The SMILES string of the molecule is O=C(O)c1ccc(-c2nnn(Cc3cccc(Cl)c3)n2)cc1. The first-order valence-electron chi connectivity index (χ1n) is 6.48. The summed E-state index contributed by atoms with van der Waals surface area (Å²) in [5, 5.41) is 21.8. The molecule has 1 aromatic heterocycles. The van der Waals surface area contributed by atoms with Gasteiger partial charge in [-0.05, 0) is 35.0 Å². The summed E-state index contributed by atoms with van der Waals surface area (Å²) in [7, 11) is 0. The Balaban J connectivity index is 1.80. The summed E-state index contributed by atoms with van der Waals surface area (Å²) >= 11 is 5.94. The monoisotopic (exact) mass is 314 g/mol. The van der Waals surface area contributed by atoms with Crippen molar-refractivity contribution < 1.29 is 9.90 Å². The first kappa shape index (κ1) is 14.2. The van der Waals surface area contributed by atoms with E-state index in [1.807, 2.05) is 18.2 Å². The zero-order valence-corrected chi connectivity index (χ0v) is 12.1. The quantitative estimate of drug-likeness (QED) is 0.800. The fraction of sp³-hybridized carbons (Fsp3) is 0.0667. The predicted molar refractivity (Wildman–Crippen MR) is 80.8 cm³/mol. The summed E-state index contributed by atoms with van der Waals surface area (Å²) in [5.74, 6) is -0.525. The Morgan fingerprint density at radius 3 is 2.64 bits per heavy atom. The molecule has 0 saturated heterocycles. The van der Waals surface area contributed by atoms with Gasteiger partial charge in [-0.25, -0.2) is 4.79 Å². The van der Waals surface area contributed by atoms with E-state index in [2.05, 4.69) is 15.4 Å². The highest BCUT2D eigenvalue weighted by Gasteiger charge is 2.08. The molecule has 0 atom stereocenters. The lowest BCUT2D eigenvalue weighted by Gasteiger charge is -2.00. The van der Waals surface area contributed by atoms with Crippen LogP contribution in [0, 0.1) is 0 Å². The minimum absolute atomic E-state index is 0.218. The van der Waals surface area contributed by atoms with Crippen LogP contribution in [0.5, 0.6) is 0 Å². The zero-order valence-electron chi connectivity index (χ0n) is 11.3. The van der Waals surface area contributed by atoms with Crippen LogP contribution in [0.25, 0.3) is 11.4 Å². The summed E-state index contributed by atoms with van der Waals surface area (Å²) in [6.45, 7) is 0.459. The van der Waals surface area contributed by atoms with E-state index in [0.717, 1.165) is 5.56 Å². The van der Waals surface area contributed by atoms with Crippen molar-refractivity contribution in [2.75, 3.05) is 0 Å². The molecule has 0 aliphatic heterocycles. The van der Waals surface area contributed by atoms with Crippen LogP contribution in [-0.2, 0) is 6.54 Å². The highest BCUT2D eigenvalue weighted by Crippen LogP contribution is 2.15. The van der Waals surface area contributed by atoms with E-state index in [1.54, 1.807) is 18.2 Å². The Labute approximate surface area is 131 Å². The molecule has 110 valence electrons. The molecule has 0 saturated carbocycles. The lowest BCUT2D eigenvalue weighted by atomic mass is 10.1. The van der Waals surface area contributed by atoms with E-state index >= 15 is 0 Å². The van der Waals surface area contributed by atoms with Crippen molar-refractivity contribution in [2.45, 2.75) is 6.54 Å². The average molecular weight is 315 g/mol. The van der Waals surface area contributed by atoms with Gasteiger partial charge in [0.25, 0.3) is 0 Å². The van der Waals surface area contributed by atoms with E-state index in [1.165, 1.54) is 16.9 Å². The number of carboxylic acids is 1. The number of benzene rings is 2. The highest BCUT2D eigenvalue weighted by atomic mass is 35.5. The van der Waals surface area contributed by atoms with Gasteiger partial charge in [0.2, 0.25) is 5.82 Å². The van der Waals surface area contributed by atoms with Gasteiger partial charge < -0.3 is 5.11 Å². The second-order valence-corrected chi connectivity index (χ2v) is 5.09. The van der Waals surface area contributed by atoms with Crippen molar-refractivity contribution in [1.29, 1.82) is 0 Å². The van der Waals surface area contributed by atoms with Crippen LogP contribution in [0.4, 0.5) is 0 Å². The molecule has 22 heavy (non-hydrogen) atoms. The first-order valence-corrected chi connectivity index (χ1v) is 6.85. The smallest absolute Gasteiger partial charge is 0.335 e. The van der Waals surface area contributed by atoms with Crippen LogP contribution in [0.3, 0.4) is 0 Å². The number of aromatic carboxylic acids is 1. The zero-order chi connectivity index (χ0) is 15.5. The third-order valence-corrected chi connectivity index (χ3v) is 3.29. The molecule has 2 aromatic carbocycles. The molecular weight excluding hydrogens is 304 g/mol. The van der Waals surface area contributed by atoms with Crippen molar-refractivity contribution in [3.63, 3.8) is 0 Å². The number of tetrazole rings is 1. The topological polar surface area (TPSA) is 80.9 Å². The Kier molecular flexibility index (Phi) is 3.84. The molecule has 1 N–H and O–H groups in total. The van der Waals surface area contributed by atoms with Crippen LogP contribution in [0.15, 0.2) is 48.5 Å². The second kappa shape index (κ2) is 5.95. The summed E-state index contributed by atoms with van der Waals surface area (Å²) in [6, 6.07) is 13.8. The molecule has 0 fully saturated rings. The average Bonchev–Trinajstić information content (AvgIpc) is 2.96. The minimum Gasteiger partial charge on any atom is -0.478 e. The van der Waals surface area contributed by atoms with Crippen molar-refractivity contribution >= 4 is 17.6 Å². The van der Waals surface area contributed by atoms with Crippen LogP contribution >= 0.6 is 11.6 Å². The maximum absolute atomic E-state index is 10.8. The Morgan fingerprint density at radius 2 is 1.95 bits per heavy atom. The van der Waals surface area contributed by atoms with Gasteiger partial charge in [0.15, 0.2) is 0 Å². The molecule has 0 aliphatic rings. The van der Waals surface area contributed by atoms with Gasteiger partial charge in [-0.15, -0.1) is 10.2 Å². The number of hydrogen-bond acceptors (Lipinski definition) is 4. The number of hydrogen-bond donors (Lipinski definition) is 1. The highest BCUT2D eigenvalue weighted by molar-refractivity contribution is 6.30. The molecule has 0 radical (unpaired) electrons. The number of nitrogens with zero attached hydrogens (tertiary/aromatic N) is 4. The van der Waals surface area contributed by atoms with Crippen molar-refractivity contribution in [2.24, 2.45) is 0 Å². The number of halogens is 1. The largest absolute Gasteiger partial charge is 0.478 e. The van der Waals surface area contributed by atoms with Crippen molar-refractivity contribution in [3.05, 3.63) is 64.7 Å². The van der Waals surface area contributed by atoms with Gasteiger partial charge in [0.05, 0.1) is 12.1 Å². The van der Waals surface area contributed by atoms with Crippen LogP contribution in [0.1, 0.15) is 15.9 Å². The lowest BCUT2D eigenvalue weighted by Crippen LogP contribution is -2.03. The Hall–Kier alpha value is -2.73. The summed E-state index contributed by atoms with van der Waals surface area (Å²) in [5.41, 5.74) is 1.90. The maximum atomic E-state index is 10.8. The fourth-order valence-corrected chi connectivity index (χ4v) is 2.20. The standard InChI is InChI=1S/C15H11ClN4O2/c16-13-3-1-2-10(8-13)9-20-18-14(17-19-20)11-4-6-12(7-5-11)15(21)22/h1-8H,9H2,(H,21,22). The minimum atomic E-state index is -0.968. The summed E-state index contributed by atoms with van der Waals surface area (Å²) in [6.07, 6.45) is 0. The second-order valence-electron chi connectivity index (χ2n) is 4.66. The number of carboxylic acid groups (broad SMARTS) is 1. The lowest BCUT2D eigenvalue weighted by molar-refractivity contribution is 0.0697. The van der Waals surface area contributed by atoms with E-state index in [0.29, 0.717) is 23.0 Å². The van der Waals surface area contributed by atoms with Crippen molar-refractivity contribution in [1.82, 2.24) is 20.2 Å². The van der Waals surface area contributed by atoms with Crippen LogP contribution in [-0.4, -0.2) is 31.3 Å². The summed E-state index contributed by atoms with van der Waals surface area (Å²) in [4.78, 5) is 12.3. The number of rotatable bonds is 4. The molecule has 7 heteroatoms. The molecule has 0 bridgehead atoms. The van der Waals surface area contributed by atoms with Gasteiger partial charge in [0, 0.05) is 10.6 Å². The molecule has 0 amide bonds. The fourth-order valence-electron chi connectivity index (χ4n) is 1.99. The van der Waals surface area contributed by atoms with E-state index < -0.39 is 5.97 Å². The van der Waals surface area contributed by atoms with Gasteiger partial charge in [0.1, 0.15) is 0 Å². The maximum Gasteiger partial charge on any atom is 0.335 e. The van der Waals surface area contributed by atoms with Gasteiger partial charge in [-0.2, -0.15) is 4.80 Å². The summed E-state index contributed by atoms with van der Waals surface area (Å²) < 4.78 is 0. The molecule has 0 aliphatic carbocycles. The van der Waals surface area contributed by atoms with Gasteiger partial charge in [-0.3, -0.25) is 0 Å². The van der Waals surface area contributed by atoms with Crippen molar-refractivity contribution in [3.8, 4) is 11.4 Å². The third kappa shape index (κ3) is 3.12. The third-order valence-electron chi connectivity index (χ3n) is 3.06. The first-order chi connectivity index (χ1) is 10.6. The van der Waals surface area contributed by atoms with E-state index in [9.17, 15) is 4.79 Å². The molecule has 1 heterocycles. The van der Waals surface area contributed by atoms with E-state index in [-0.39, 0.29) is 5.56 Å². The molecule has 0 spiro atoms. The Bertz CT molecular complexity index is 814. The molecule has 3 rings (SSSR count).